The molecule has 1 aliphatic rings. The molecule has 1 atom stereocenters. The van der Waals surface area contributed by atoms with E-state index in [9.17, 15) is 14.4 Å². The average molecular weight is 440 g/mol. The van der Waals surface area contributed by atoms with Gasteiger partial charge in [-0.2, -0.15) is 0 Å². The number of carbonyl (C=O) groups excluding carboxylic acids is 3. The molecular weight excluding hydrogens is 414 g/mol. The first-order valence-electron chi connectivity index (χ1n) is 10.2. The van der Waals surface area contributed by atoms with E-state index in [1.54, 1.807) is 11.4 Å². The van der Waals surface area contributed by atoms with Crippen molar-refractivity contribution in [3.8, 4) is 0 Å². The lowest BCUT2D eigenvalue weighted by atomic mass is 9.93. The fourth-order valence-corrected chi connectivity index (χ4v) is 4.51. The van der Waals surface area contributed by atoms with E-state index >= 15 is 0 Å². The van der Waals surface area contributed by atoms with Gasteiger partial charge in [-0.25, -0.2) is 4.98 Å². The molecule has 2 amide bonds. The second-order valence-corrected chi connectivity index (χ2v) is 9.01. The van der Waals surface area contributed by atoms with Gasteiger partial charge in [0.25, 0.3) is 11.8 Å². The highest BCUT2D eigenvalue weighted by Gasteiger charge is 2.27. The molecule has 0 radical (unpaired) electrons. The molecule has 31 heavy (non-hydrogen) atoms. The lowest BCUT2D eigenvalue weighted by molar-refractivity contribution is 0.0932. The van der Waals surface area contributed by atoms with Crippen LogP contribution in [0.15, 0.2) is 23.6 Å². The number of nitrogens with one attached hydrogen (secondary N) is 3. The van der Waals surface area contributed by atoms with Gasteiger partial charge in [0.05, 0.1) is 6.42 Å². The van der Waals surface area contributed by atoms with Gasteiger partial charge >= 0.3 is 0 Å². The number of carbonyl (C=O) groups is 3. The number of thiazole rings is 1. The number of amides is 2. The molecule has 2 aromatic heterocycles. The van der Waals surface area contributed by atoms with Gasteiger partial charge in [0.2, 0.25) is 0 Å². The van der Waals surface area contributed by atoms with Crippen LogP contribution in [0, 0.1) is 0 Å². The molecule has 0 fully saturated rings. The van der Waals surface area contributed by atoms with Crippen molar-refractivity contribution in [2.75, 3.05) is 33.7 Å². The predicted octanol–water partition coefficient (Wildman–Crippen LogP) is 2.19. The summed E-state index contributed by atoms with van der Waals surface area (Å²) in [6, 6.07) is 5.45. The monoisotopic (exact) mass is 439 g/mol. The summed E-state index contributed by atoms with van der Waals surface area (Å²) in [5, 5.41) is 8.88. The van der Waals surface area contributed by atoms with Crippen molar-refractivity contribution in [1.29, 1.82) is 0 Å². The maximum Gasteiger partial charge on any atom is 0.270 e. The number of likely N-dealkylation sites (N-methyl/N-ethyl adjacent to an activating group) is 1. The number of aromatic amines is 1. The minimum absolute atomic E-state index is 0.0707. The van der Waals surface area contributed by atoms with Crippen LogP contribution in [0.3, 0.4) is 0 Å². The minimum atomic E-state index is -0.232. The van der Waals surface area contributed by atoms with Gasteiger partial charge < -0.3 is 20.5 Å². The number of hydrogen-bond acceptors (Lipinski definition) is 6. The largest absolute Gasteiger partial charge is 0.350 e. The van der Waals surface area contributed by atoms with Crippen LogP contribution in [-0.4, -0.2) is 66.2 Å². The van der Waals surface area contributed by atoms with E-state index in [0.29, 0.717) is 35.0 Å². The third kappa shape index (κ3) is 4.38. The molecule has 3 N–H and O–H groups in total. The molecule has 0 bridgehead atoms. The Bertz CT molecular complexity index is 1160. The summed E-state index contributed by atoms with van der Waals surface area (Å²) in [5.74, 6) is -0.251. The zero-order valence-electron chi connectivity index (χ0n) is 17.7. The number of aromatic nitrogens is 2. The SMILES string of the molecule is CC1CNC(=O)c2[nH]c3ccc(C(=O)Cc4nc(C(=O)NCCN(C)C)cs4)cc3c21. The van der Waals surface area contributed by atoms with Crippen LogP contribution in [0.5, 0.6) is 0 Å². The van der Waals surface area contributed by atoms with Gasteiger partial charge in [0.15, 0.2) is 5.78 Å². The van der Waals surface area contributed by atoms with Gasteiger partial charge in [0.1, 0.15) is 16.4 Å². The molecule has 1 aromatic carbocycles. The van der Waals surface area contributed by atoms with Crippen molar-refractivity contribution >= 4 is 39.8 Å². The molecule has 162 valence electrons. The van der Waals surface area contributed by atoms with Crippen LogP contribution in [0.1, 0.15) is 54.7 Å². The minimum Gasteiger partial charge on any atom is -0.350 e. The average Bonchev–Trinajstić information content (AvgIpc) is 3.35. The molecule has 0 saturated heterocycles. The molecule has 0 spiro atoms. The lowest BCUT2D eigenvalue weighted by Gasteiger charge is -2.19. The summed E-state index contributed by atoms with van der Waals surface area (Å²) in [7, 11) is 3.88. The highest BCUT2D eigenvalue weighted by molar-refractivity contribution is 7.10. The molecule has 1 unspecified atom stereocenters. The smallest absolute Gasteiger partial charge is 0.270 e. The highest BCUT2D eigenvalue weighted by Crippen LogP contribution is 2.32. The molecule has 8 nitrogen and oxygen atoms in total. The Morgan fingerprint density at radius 1 is 1.32 bits per heavy atom. The molecule has 3 aromatic rings. The highest BCUT2D eigenvalue weighted by atomic mass is 32.1. The molecule has 1 aliphatic heterocycles. The molecule has 4 rings (SSSR count). The summed E-state index contributed by atoms with van der Waals surface area (Å²) in [4.78, 5) is 46.7. The van der Waals surface area contributed by atoms with E-state index in [4.69, 9.17) is 0 Å². The molecule has 0 saturated carbocycles. The topological polar surface area (TPSA) is 107 Å². The second kappa shape index (κ2) is 8.60. The van der Waals surface area contributed by atoms with Gasteiger partial charge in [-0.1, -0.05) is 6.92 Å². The zero-order chi connectivity index (χ0) is 22.1. The van der Waals surface area contributed by atoms with Crippen molar-refractivity contribution in [1.82, 2.24) is 25.5 Å². The Morgan fingerprint density at radius 3 is 2.90 bits per heavy atom. The van der Waals surface area contributed by atoms with Crippen LogP contribution in [0.25, 0.3) is 10.9 Å². The number of hydrogen-bond donors (Lipinski definition) is 3. The van der Waals surface area contributed by atoms with E-state index in [2.05, 4.69) is 27.5 Å². The van der Waals surface area contributed by atoms with Crippen LogP contribution < -0.4 is 10.6 Å². The third-order valence-corrected chi connectivity index (χ3v) is 6.24. The number of ketones is 1. The van der Waals surface area contributed by atoms with E-state index in [-0.39, 0.29) is 29.9 Å². The quantitative estimate of drug-likeness (QED) is 0.489. The van der Waals surface area contributed by atoms with Crippen molar-refractivity contribution in [2.45, 2.75) is 19.3 Å². The Hall–Kier alpha value is -3.04. The standard InChI is InChI=1S/C22H25N5O3S/c1-12-10-24-22(30)20-19(12)14-8-13(4-5-15(14)26-20)17(28)9-18-25-16(11-31-18)21(29)23-6-7-27(2)3/h4-5,8,11-12,26H,6-7,9-10H2,1-3H3,(H,23,29)(H,24,30). The molecule has 3 heterocycles. The first-order chi connectivity index (χ1) is 14.8. The maximum atomic E-state index is 12.9. The summed E-state index contributed by atoms with van der Waals surface area (Å²) in [6.45, 7) is 3.91. The van der Waals surface area contributed by atoms with Crippen molar-refractivity contribution in [2.24, 2.45) is 0 Å². The van der Waals surface area contributed by atoms with Crippen LogP contribution in [0.2, 0.25) is 0 Å². The molecular formula is C22H25N5O3S. The van der Waals surface area contributed by atoms with Crippen LogP contribution in [-0.2, 0) is 6.42 Å². The first kappa shape index (κ1) is 21.2. The van der Waals surface area contributed by atoms with Crippen LogP contribution >= 0.6 is 11.3 Å². The summed E-state index contributed by atoms with van der Waals surface area (Å²) < 4.78 is 0. The fraction of sp³-hybridized carbons (Fsp3) is 0.364. The van der Waals surface area contributed by atoms with Gasteiger partial charge in [0, 0.05) is 47.4 Å². The number of benzene rings is 1. The third-order valence-electron chi connectivity index (χ3n) is 5.39. The zero-order valence-corrected chi connectivity index (χ0v) is 18.6. The first-order valence-corrected chi connectivity index (χ1v) is 11.1. The Balaban J connectivity index is 1.49. The maximum absolute atomic E-state index is 12.9. The van der Waals surface area contributed by atoms with Crippen LogP contribution in [0.4, 0.5) is 0 Å². The van der Waals surface area contributed by atoms with Crippen molar-refractivity contribution < 1.29 is 14.4 Å². The second-order valence-electron chi connectivity index (χ2n) is 8.07. The van der Waals surface area contributed by atoms with E-state index in [1.165, 1.54) is 11.3 Å². The van der Waals surface area contributed by atoms with E-state index in [0.717, 1.165) is 23.0 Å². The molecule has 9 heteroatoms. The van der Waals surface area contributed by atoms with E-state index < -0.39 is 0 Å². The summed E-state index contributed by atoms with van der Waals surface area (Å²) >= 11 is 1.31. The Kier molecular flexibility index (Phi) is 5.88. The number of H-pyrrole nitrogens is 1. The fourth-order valence-electron chi connectivity index (χ4n) is 3.73. The normalized spacial score (nSPS) is 15.7. The lowest BCUT2D eigenvalue weighted by Crippen LogP contribution is -2.33. The van der Waals surface area contributed by atoms with E-state index in [1.807, 2.05) is 31.1 Å². The number of fused-ring (bicyclic) bond motifs is 3. The number of Topliss-reactive ketones (excluding diaryl/α,β-unsaturated/α-hetero) is 1. The van der Waals surface area contributed by atoms with Gasteiger partial charge in [-0.3, -0.25) is 14.4 Å². The summed E-state index contributed by atoms with van der Waals surface area (Å²) in [6.07, 6.45) is 0.129. The Labute approximate surface area is 184 Å². The molecule has 0 aliphatic carbocycles. The Morgan fingerprint density at radius 2 is 2.13 bits per heavy atom. The van der Waals surface area contributed by atoms with Gasteiger partial charge in [-0.15, -0.1) is 11.3 Å². The predicted molar refractivity (Wildman–Crippen MR) is 120 cm³/mol. The number of nitrogens with zero attached hydrogens (tertiary/aromatic N) is 2. The van der Waals surface area contributed by atoms with Crippen molar-refractivity contribution in [3.05, 3.63) is 51.1 Å². The summed E-state index contributed by atoms with van der Waals surface area (Å²) in [5.41, 5.74) is 3.28. The van der Waals surface area contributed by atoms with Gasteiger partial charge in [-0.05, 0) is 37.9 Å². The van der Waals surface area contributed by atoms with Crippen molar-refractivity contribution in [3.63, 3.8) is 0 Å². The number of rotatable bonds is 7.